The molecule has 2 nitrogen and oxygen atoms in total. The van der Waals surface area contributed by atoms with Crippen molar-refractivity contribution in [2.45, 2.75) is 0 Å². The number of benzene rings is 11. The lowest BCUT2D eigenvalue weighted by molar-refractivity contribution is 1.18. The number of fused-ring (bicyclic) bond motifs is 4. The van der Waals surface area contributed by atoms with Gasteiger partial charge in [-0.2, -0.15) is 0 Å². The van der Waals surface area contributed by atoms with E-state index in [0.717, 1.165) is 28.3 Å². The van der Waals surface area contributed by atoms with Crippen molar-refractivity contribution in [1.29, 1.82) is 0 Å². The minimum Gasteiger partial charge on any atom is -0.310 e. The van der Waals surface area contributed by atoms with Gasteiger partial charge < -0.3 is 9.47 Å². The summed E-state index contributed by atoms with van der Waals surface area (Å²) < 4.78 is 2.40. The summed E-state index contributed by atoms with van der Waals surface area (Å²) in [6.07, 6.45) is 0. The molecule has 0 atom stereocenters. The van der Waals surface area contributed by atoms with Crippen molar-refractivity contribution < 1.29 is 0 Å². The van der Waals surface area contributed by atoms with Gasteiger partial charge in [-0.05, 0) is 121 Å². The molecule has 12 aromatic rings. The van der Waals surface area contributed by atoms with Crippen LogP contribution >= 0.6 is 0 Å². The summed E-state index contributed by atoms with van der Waals surface area (Å²) in [7, 11) is -2.73. The van der Waals surface area contributed by atoms with E-state index in [4.69, 9.17) is 0 Å². The van der Waals surface area contributed by atoms with E-state index in [1.54, 1.807) is 0 Å². The zero-order valence-electron chi connectivity index (χ0n) is 37.0. The second kappa shape index (κ2) is 17.1. The SMILES string of the molecule is c1ccc(-n2c3ccccc3c3c(-c4cccc(N(c5ccc(-c6ccc7ccccc7c6)cc5)c5ccc([Si](c6ccccc6)(c6ccccc6)c6ccccc6)cc5)c4)cccc32)cc1. The summed E-state index contributed by atoms with van der Waals surface area (Å²) in [5.74, 6) is 0. The highest BCUT2D eigenvalue weighted by molar-refractivity contribution is 7.19. The molecule has 0 aliphatic heterocycles. The van der Waals surface area contributed by atoms with Gasteiger partial charge in [-0.25, -0.2) is 0 Å². The summed E-state index contributed by atoms with van der Waals surface area (Å²) in [6, 6.07) is 103. The van der Waals surface area contributed by atoms with Crippen LogP contribution in [0.3, 0.4) is 0 Å². The van der Waals surface area contributed by atoms with Crippen LogP contribution in [-0.2, 0) is 0 Å². The summed E-state index contributed by atoms with van der Waals surface area (Å²) in [5.41, 5.74) is 11.6. The van der Waals surface area contributed by atoms with E-state index in [-0.39, 0.29) is 0 Å². The van der Waals surface area contributed by atoms with Crippen molar-refractivity contribution >= 4 is 78.5 Å². The average Bonchev–Trinajstić information content (AvgIpc) is 3.75. The lowest BCUT2D eigenvalue weighted by Crippen LogP contribution is -2.74. The van der Waals surface area contributed by atoms with Crippen LogP contribution in [0.2, 0.25) is 0 Å². The lowest BCUT2D eigenvalue weighted by atomic mass is 9.98. The fraction of sp³-hybridized carbons (Fsp3) is 0. The third-order valence-corrected chi connectivity index (χ3v) is 18.3. The van der Waals surface area contributed by atoms with E-state index in [1.165, 1.54) is 70.0 Å². The van der Waals surface area contributed by atoms with Crippen LogP contribution in [0.4, 0.5) is 17.1 Å². The highest BCUT2D eigenvalue weighted by atomic mass is 28.3. The Labute approximate surface area is 392 Å². The first-order chi connectivity index (χ1) is 33.2. The van der Waals surface area contributed by atoms with E-state index in [2.05, 4.69) is 289 Å². The Hall–Kier alpha value is -8.50. The third-order valence-electron chi connectivity index (χ3n) is 13.5. The fourth-order valence-electron chi connectivity index (χ4n) is 10.5. The molecule has 0 N–H and O–H groups in total. The van der Waals surface area contributed by atoms with Crippen molar-refractivity contribution in [3.05, 3.63) is 279 Å². The number of aromatic nitrogens is 1. The first-order valence-corrected chi connectivity index (χ1v) is 25.1. The normalized spacial score (nSPS) is 11.6. The molecule has 67 heavy (non-hydrogen) atoms. The molecule has 3 heteroatoms. The van der Waals surface area contributed by atoms with Gasteiger partial charge in [0.2, 0.25) is 0 Å². The summed E-state index contributed by atoms with van der Waals surface area (Å²) in [5, 5.41) is 10.4. The quantitative estimate of drug-likeness (QED) is 0.0982. The molecule has 316 valence electrons. The number of para-hydroxylation sites is 2. The maximum absolute atomic E-state index is 2.73. The van der Waals surface area contributed by atoms with E-state index < -0.39 is 8.07 Å². The average molecular weight is 871 g/mol. The maximum atomic E-state index is 2.42. The molecule has 0 aliphatic carbocycles. The molecule has 0 spiro atoms. The monoisotopic (exact) mass is 870 g/mol. The molecule has 0 fully saturated rings. The minimum atomic E-state index is -2.73. The standard InChI is InChI=1S/C64H46N2Si/c1-5-22-52(23-6-1)66-62-33-16-15-31-61(62)64-60(32-18-34-63(64)66)51-21-17-24-55(46-51)65(53-39-37-48(38-40-53)50-36-35-47-19-13-14-20-49(47)45-50)54-41-43-59(44-42-54)67(56-25-7-2-8-26-56,57-27-9-3-10-28-57)58-29-11-4-12-30-58/h1-46H. The molecule has 11 aromatic carbocycles. The number of rotatable bonds is 10. The predicted octanol–water partition coefficient (Wildman–Crippen LogP) is 14.1. The number of anilines is 3. The zero-order valence-corrected chi connectivity index (χ0v) is 38.0. The molecule has 0 radical (unpaired) electrons. The van der Waals surface area contributed by atoms with Gasteiger partial charge in [0.25, 0.3) is 0 Å². The van der Waals surface area contributed by atoms with Gasteiger partial charge in [-0.1, -0.05) is 212 Å². The predicted molar refractivity (Wildman–Crippen MR) is 287 cm³/mol. The van der Waals surface area contributed by atoms with E-state index in [1.807, 2.05) is 0 Å². The smallest absolute Gasteiger partial charge is 0.179 e. The van der Waals surface area contributed by atoms with Crippen LogP contribution in [0.25, 0.3) is 60.5 Å². The molecule has 0 bridgehead atoms. The van der Waals surface area contributed by atoms with Gasteiger partial charge in [0.05, 0.1) is 11.0 Å². The maximum Gasteiger partial charge on any atom is 0.179 e. The van der Waals surface area contributed by atoms with Crippen molar-refractivity contribution in [2.75, 3.05) is 4.90 Å². The van der Waals surface area contributed by atoms with Crippen LogP contribution in [0, 0.1) is 0 Å². The molecular formula is C64H46N2Si. The minimum absolute atomic E-state index is 1.09. The number of hydrogen-bond donors (Lipinski definition) is 0. The van der Waals surface area contributed by atoms with E-state index in [9.17, 15) is 0 Å². The van der Waals surface area contributed by atoms with E-state index >= 15 is 0 Å². The first kappa shape index (κ1) is 40.0. The summed E-state index contributed by atoms with van der Waals surface area (Å²) >= 11 is 0. The molecule has 12 rings (SSSR count). The Morgan fingerprint density at radius 1 is 0.299 bits per heavy atom. The molecular weight excluding hydrogens is 825 g/mol. The Morgan fingerprint density at radius 3 is 1.46 bits per heavy atom. The van der Waals surface area contributed by atoms with Gasteiger partial charge in [0.1, 0.15) is 0 Å². The number of nitrogens with zero attached hydrogens (tertiary/aromatic N) is 2. The Kier molecular flexibility index (Phi) is 10.2. The molecule has 1 aromatic heterocycles. The molecule has 0 unspecified atom stereocenters. The highest BCUT2D eigenvalue weighted by Gasteiger charge is 2.41. The van der Waals surface area contributed by atoms with Gasteiger partial charge >= 0.3 is 0 Å². The van der Waals surface area contributed by atoms with Crippen molar-refractivity contribution in [3.63, 3.8) is 0 Å². The van der Waals surface area contributed by atoms with Crippen LogP contribution in [-0.4, -0.2) is 12.6 Å². The lowest BCUT2D eigenvalue weighted by Gasteiger charge is -2.35. The van der Waals surface area contributed by atoms with Gasteiger partial charge in [-0.3, -0.25) is 0 Å². The molecule has 1 heterocycles. The van der Waals surface area contributed by atoms with Gasteiger partial charge in [0, 0.05) is 33.5 Å². The van der Waals surface area contributed by atoms with Crippen molar-refractivity contribution in [2.24, 2.45) is 0 Å². The van der Waals surface area contributed by atoms with Crippen LogP contribution in [0.5, 0.6) is 0 Å². The Bertz CT molecular complexity index is 3560. The second-order valence-corrected chi connectivity index (χ2v) is 21.1. The topological polar surface area (TPSA) is 8.17 Å². The zero-order chi connectivity index (χ0) is 44.6. The van der Waals surface area contributed by atoms with Crippen LogP contribution < -0.4 is 25.6 Å². The first-order valence-electron chi connectivity index (χ1n) is 23.1. The molecule has 0 saturated heterocycles. The Balaban J connectivity index is 1.03. The largest absolute Gasteiger partial charge is 0.310 e. The van der Waals surface area contributed by atoms with Crippen LogP contribution in [0.15, 0.2) is 279 Å². The van der Waals surface area contributed by atoms with Gasteiger partial charge in [-0.15, -0.1) is 0 Å². The van der Waals surface area contributed by atoms with Gasteiger partial charge in [0.15, 0.2) is 8.07 Å². The summed E-state index contributed by atoms with van der Waals surface area (Å²) in [6.45, 7) is 0. The molecule has 0 amide bonds. The molecule has 0 saturated carbocycles. The van der Waals surface area contributed by atoms with Crippen LogP contribution in [0.1, 0.15) is 0 Å². The highest BCUT2D eigenvalue weighted by Crippen LogP contribution is 2.42. The third kappa shape index (κ3) is 7.05. The number of hydrogen-bond acceptors (Lipinski definition) is 1. The fourth-order valence-corrected chi connectivity index (χ4v) is 15.2. The Morgan fingerprint density at radius 2 is 0.806 bits per heavy atom. The van der Waals surface area contributed by atoms with Crippen molar-refractivity contribution in [1.82, 2.24) is 4.57 Å². The molecule has 0 aliphatic rings. The second-order valence-electron chi connectivity index (χ2n) is 17.3. The van der Waals surface area contributed by atoms with Crippen molar-refractivity contribution in [3.8, 4) is 27.9 Å². The summed E-state index contributed by atoms with van der Waals surface area (Å²) in [4.78, 5) is 2.42. The van der Waals surface area contributed by atoms with E-state index in [0.29, 0.717) is 0 Å².